The number of amides is 1. The van der Waals surface area contributed by atoms with Crippen molar-refractivity contribution in [2.75, 3.05) is 56.2 Å². The van der Waals surface area contributed by atoms with E-state index in [9.17, 15) is 14.4 Å². The Bertz CT molecular complexity index is 1100. The molecule has 32 heavy (non-hydrogen) atoms. The van der Waals surface area contributed by atoms with Gasteiger partial charge in [0.15, 0.2) is 0 Å². The Balaban J connectivity index is 1.42. The Hall–Kier alpha value is -3.23. The molecule has 1 atom stereocenters. The molecule has 3 heterocycles. The summed E-state index contributed by atoms with van der Waals surface area (Å²) in [5.41, 5.74) is 0.370. The van der Waals surface area contributed by atoms with E-state index in [1.165, 1.54) is 17.7 Å². The number of carbonyl (C=O) groups excluding carboxylic acids is 1. The fourth-order valence-corrected chi connectivity index (χ4v) is 4.73. The molecular weight excluding hydrogens is 410 g/mol. The van der Waals surface area contributed by atoms with Gasteiger partial charge < -0.3 is 19.4 Å². The summed E-state index contributed by atoms with van der Waals surface area (Å²) in [5, 5.41) is 0. The Morgan fingerprint density at radius 1 is 0.969 bits per heavy atom. The Morgan fingerprint density at radius 3 is 2.41 bits per heavy atom. The molecule has 2 aliphatic heterocycles. The number of rotatable bonds is 4. The lowest BCUT2D eigenvalue weighted by Gasteiger charge is -2.40. The summed E-state index contributed by atoms with van der Waals surface area (Å²) >= 11 is 0. The van der Waals surface area contributed by atoms with E-state index in [2.05, 4.69) is 4.90 Å². The van der Waals surface area contributed by atoms with Crippen molar-refractivity contribution in [3.63, 3.8) is 0 Å². The normalized spacial score (nSPS) is 19.2. The molecule has 0 bridgehead atoms. The van der Waals surface area contributed by atoms with Crippen LogP contribution in [0.4, 0.5) is 11.5 Å². The molecule has 9 nitrogen and oxygen atoms in total. The minimum absolute atomic E-state index is 0.138. The van der Waals surface area contributed by atoms with Crippen LogP contribution in [0.25, 0.3) is 0 Å². The van der Waals surface area contributed by atoms with E-state index in [1.807, 2.05) is 34.1 Å². The monoisotopic (exact) mass is 441 g/mol. The van der Waals surface area contributed by atoms with Crippen molar-refractivity contribution in [3.8, 4) is 5.75 Å². The van der Waals surface area contributed by atoms with Gasteiger partial charge in [-0.1, -0.05) is 12.1 Å². The van der Waals surface area contributed by atoms with Gasteiger partial charge in [0, 0.05) is 59.4 Å². The highest BCUT2D eigenvalue weighted by Gasteiger charge is 2.32. The van der Waals surface area contributed by atoms with Crippen molar-refractivity contribution in [3.05, 3.63) is 51.2 Å². The minimum Gasteiger partial charge on any atom is -0.495 e. The average molecular weight is 442 g/mol. The molecule has 1 aromatic carbocycles. The highest BCUT2D eigenvalue weighted by Crippen LogP contribution is 2.29. The number of anilines is 2. The van der Waals surface area contributed by atoms with E-state index >= 15 is 0 Å². The van der Waals surface area contributed by atoms with Crippen LogP contribution in [0.3, 0.4) is 0 Å². The van der Waals surface area contributed by atoms with Gasteiger partial charge >= 0.3 is 5.69 Å². The third-order valence-electron chi connectivity index (χ3n) is 6.61. The summed E-state index contributed by atoms with van der Waals surface area (Å²) in [4.78, 5) is 44.0. The molecule has 2 fully saturated rings. The molecule has 1 amide bonds. The van der Waals surface area contributed by atoms with Crippen molar-refractivity contribution in [1.82, 2.24) is 14.0 Å². The van der Waals surface area contributed by atoms with Crippen molar-refractivity contribution < 1.29 is 9.53 Å². The molecule has 0 unspecified atom stereocenters. The van der Waals surface area contributed by atoms with Crippen LogP contribution in [0.2, 0.25) is 0 Å². The summed E-state index contributed by atoms with van der Waals surface area (Å²) in [6.07, 6.45) is 1.67. The van der Waals surface area contributed by atoms with E-state index in [-0.39, 0.29) is 23.1 Å². The van der Waals surface area contributed by atoms with E-state index in [1.54, 1.807) is 14.2 Å². The molecule has 0 aliphatic carbocycles. The third-order valence-corrected chi connectivity index (χ3v) is 6.61. The molecular formula is C23H31N5O4. The summed E-state index contributed by atoms with van der Waals surface area (Å²) in [5.74, 6) is 1.44. The van der Waals surface area contributed by atoms with Gasteiger partial charge in [-0.15, -0.1) is 0 Å². The van der Waals surface area contributed by atoms with Crippen LogP contribution >= 0.6 is 0 Å². The standard InChI is InChI=1S/C23H31N5O4/c1-24-20(15-21(29)25(2)23(24)31)28-10-6-7-17(16-28)22(30)27-13-11-26(12-14-27)18-8-4-5-9-19(18)32-3/h4-5,8-9,15,17H,6-7,10-14,16H2,1-3H3/t17-/m0/s1. The van der Waals surface area contributed by atoms with Crippen LogP contribution in [0.15, 0.2) is 39.9 Å². The highest BCUT2D eigenvalue weighted by atomic mass is 16.5. The van der Waals surface area contributed by atoms with Crippen molar-refractivity contribution >= 4 is 17.4 Å². The lowest BCUT2D eigenvalue weighted by atomic mass is 9.96. The summed E-state index contributed by atoms with van der Waals surface area (Å²) in [6.45, 7) is 4.09. The van der Waals surface area contributed by atoms with Crippen LogP contribution in [-0.2, 0) is 18.9 Å². The zero-order valence-corrected chi connectivity index (χ0v) is 19.0. The van der Waals surface area contributed by atoms with Crippen molar-refractivity contribution in [2.24, 2.45) is 20.0 Å². The second kappa shape index (κ2) is 9.10. The van der Waals surface area contributed by atoms with E-state index in [4.69, 9.17) is 4.74 Å². The van der Waals surface area contributed by atoms with Gasteiger partial charge in [0.1, 0.15) is 11.6 Å². The van der Waals surface area contributed by atoms with Gasteiger partial charge in [-0.25, -0.2) is 4.79 Å². The predicted molar refractivity (Wildman–Crippen MR) is 124 cm³/mol. The second-order valence-corrected chi connectivity index (χ2v) is 8.51. The van der Waals surface area contributed by atoms with Gasteiger partial charge in [-0.3, -0.25) is 18.7 Å². The summed E-state index contributed by atoms with van der Waals surface area (Å²) < 4.78 is 8.06. The lowest BCUT2D eigenvalue weighted by Crippen LogP contribution is -2.53. The molecule has 0 radical (unpaired) electrons. The lowest BCUT2D eigenvalue weighted by molar-refractivity contribution is -0.136. The first kappa shape index (κ1) is 22.0. The average Bonchev–Trinajstić information content (AvgIpc) is 2.84. The first-order valence-electron chi connectivity index (χ1n) is 11.1. The van der Waals surface area contributed by atoms with Crippen molar-refractivity contribution in [2.45, 2.75) is 12.8 Å². The Morgan fingerprint density at radius 2 is 1.69 bits per heavy atom. The first-order chi connectivity index (χ1) is 15.4. The molecule has 0 N–H and O–H groups in total. The SMILES string of the molecule is COc1ccccc1N1CCN(C(=O)[C@H]2CCCN(c3cc(=O)n(C)c(=O)n3C)C2)CC1. The molecule has 2 aliphatic rings. The van der Waals surface area contributed by atoms with E-state index < -0.39 is 0 Å². The smallest absolute Gasteiger partial charge is 0.332 e. The fraction of sp³-hybridized carbons (Fsp3) is 0.522. The number of carbonyl (C=O) groups is 1. The Labute approximate surface area is 187 Å². The molecule has 2 saturated heterocycles. The number of hydrogen-bond acceptors (Lipinski definition) is 6. The maximum Gasteiger partial charge on any atom is 0.332 e. The number of aromatic nitrogens is 2. The number of piperazine rings is 1. The molecule has 0 spiro atoms. The number of methoxy groups -OCH3 is 1. The van der Waals surface area contributed by atoms with Crippen LogP contribution in [0.5, 0.6) is 5.75 Å². The maximum atomic E-state index is 13.3. The molecule has 4 rings (SSSR count). The number of piperidine rings is 1. The van der Waals surface area contributed by atoms with Crippen LogP contribution in [0, 0.1) is 5.92 Å². The largest absolute Gasteiger partial charge is 0.495 e. The zero-order valence-electron chi connectivity index (χ0n) is 19.0. The van der Waals surface area contributed by atoms with Crippen LogP contribution < -0.4 is 25.8 Å². The van der Waals surface area contributed by atoms with Gasteiger partial charge in [-0.05, 0) is 25.0 Å². The summed E-state index contributed by atoms with van der Waals surface area (Å²) in [7, 11) is 4.81. The van der Waals surface area contributed by atoms with E-state index in [0.717, 1.165) is 48.5 Å². The zero-order chi connectivity index (χ0) is 22.8. The van der Waals surface area contributed by atoms with E-state index in [0.29, 0.717) is 25.5 Å². The van der Waals surface area contributed by atoms with Crippen LogP contribution in [-0.4, -0.2) is 66.3 Å². The van der Waals surface area contributed by atoms with Gasteiger partial charge in [0.05, 0.1) is 18.7 Å². The Kier molecular flexibility index (Phi) is 6.25. The highest BCUT2D eigenvalue weighted by molar-refractivity contribution is 5.80. The third kappa shape index (κ3) is 4.11. The molecule has 1 aromatic heterocycles. The van der Waals surface area contributed by atoms with Gasteiger partial charge in [0.25, 0.3) is 5.56 Å². The molecule has 9 heteroatoms. The number of nitrogens with zero attached hydrogens (tertiary/aromatic N) is 5. The molecule has 172 valence electrons. The number of hydrogen-bond donors (Lipinski definition) is 0. The number of benzene rings is 1. The maximum absolute atomic E-state index is 13.3. The topological polar surface area (TPSA) is 80.0 Å². The minimum atomic E-state index is -0.353. The number of ether oxygens (including phenoxy) is 1. The summed E-state index contributed by atoms with van der Waals surface area (Å²) in [6, 6.07) is 9.43. The van der Waals surface area contributed by atoms with Crippen LogP contribution in [0.1, 0.15) is 12.8 Å². The molecule has 0 saturated carbocycles. The second-order valence-electron chi connectivity index (χ2n) is 8.51. The predicted octanol–water partition coefficient (Wildman–Crippen LogP) is 0.658. The first-order valence-corrected chi connectivity index (χ1v) is 11.1. The van der Waals surface area contributed by atoms with Gasteiger partial charge in [-0.2, -0.15) is 0 Å². The molecule has 2 aromatic rings. The van der Waals surface area contributed by atoms with Crippen molar-refractivity contribution in [1.29, 1.82) is 0 Å². The fourth-order valence-electron chi connectivity index (χ4n) is 4.73. The number of para-hydroxylation sites is 2. The van der Waals surface area contributed by atoms with Gasteiger partial charge in [0.2, 0.25) is 5.91 Å². The quantitative estimate of drug-likeness (QED) is 0.694.